The van der Waals surface area contributed by atoms with Gasteiger partial charge in [-0.2, -0.15) is 0 Å². The standard InChI is InChI=1S/C8H17NO2.C2H6/c1-4-8(11)5-6-9(3)7(2)10;1-2/h8,11H,4-6H2,1-3H3;1-2H3. The van der Waals surface area contributed by atoms with E-state index in [0.717, 1.165) is 6.42 Å². The molecule has 0 saturated carbocycles. The zero-order valence-electron chi connectivity index (χ0n) is 9.50. The Morgan fingerprint density at radius 2 is 1.92 bits per heavy atom. The summed E-state index contributed by atoms with van der Waals surface area (Å²) in [6.45, 7) is 8.10. The Labute approximate surface area is 81.7 Å². The molecule has 80 valence electrons. The van der Waals surface area contributed by atoms with Crippen molar-refractivity contribution in [2.24, 2.45) is 0 Å². The van der Waals surface area contributed by atoms with E-state index in [-0.39, 0.29) is 12.0 Å². The van der Waals surface area contributed by atoms with Crippen molar-refractivity contribution in [1.29, 1.82) is 0 Å². The molecule has 0 rings (SSSR count). The van der Waals surface area contributed by atoms with Crippen LogP contribution < -0.4 is 0 Å². The molecule has 1 atom stereocenters. The third kappa shape index (κ3) is 9.34. The van der Waals surface area contributed by atoms with Crippen LogP contribution in [0.2, 0.25) is 0 Å². The van der Waals surface area contributed by atoms with Gasteiger partial charge in [0, 0.05) is 20.5 Å². The third-order valence-electron chi connectivity index (χ3n) is 1.81. The maximum absolute atomic E-state index is 10.7. The predicted molar refractivity (Wildman–Crippen MR) is 55.6 cm³/mol. The van der Waals surface area contributed by atoms with Gasteiger partial charge in [-0.25, -0.2) is 0 Å². The average Bonchev–Trinajstić information content (AvgIpc) is 2.16. The van der Waals surface area contributed by atoms with Crippen LogP contribution >= 0.6 is 0 Å². The van der Waals surface area contributed by atoms with E-state index in [2.05, 4.69) is 0 Å². The van der Waals surface area contributed by atoms with E-state index in [9.17, 15) is 4.79 Å². The summed E-state index contributed by atoms with van der Waals surface area (Å²) in [4.78, 5) is 12.3. The molecule has 0 heterocycles. The highest BCUT2D eigenvalue weighted by molar-refractivity contribution is 5.72. The number of aliphatic hydroxyl groups excluding tert-OH is 1. The van der Waals surface area contributed by atoms with E-state index in [0.29, 0.717) is 13.0 Å². The minimum absolute atomic E-state index is 0.0494. The third-order valence-corrected chi connectivity index (χ3v) is 1.81. The maximum atomic E-state index is 10.7. The molecule has 1 unspecified atom stereocenters. The van der Waals surface area contributed by atoms with Gasteiger partial charge in [-0.3, -0.25) is 4.79 Å². The summed E-state index contributed by atoms with van der Waals surface area (Å²) in [5.41, 5.74) is 0. The largest absolute Gasteiger partial charge is 0.393 e. The number of amides is 1. The molecule has 3 heteroatoms. The molecule has 1 N–H and O–H groups in total. The Hall–Kier alpha value is -0.570. The van der Waals surface area contributed by atoms with Gasteiger partial charge < -0.3 is 10.0 Å². The van der Waals surface area contributed by atoms with Crippen molar-refractivity contribution in [3.8, 4) is 0 Å². The lowest BCUT2D eigenvalue weighted by atomic mass is 10.2. The Kier molecular flexibility index (Phi) is 10.9. The lowest BCUT2D eigenvalue weighted by molar-refractivity contribution is -0.127. The minimum atomic E-state index is -0.267. The zero-order chi connectivity index (χ0) is 10.9. The quantitative estimate of drug-likeness (QED) is 0.730. The first-order chi connectivity index (χ1) is 6.07. The average molecular weight is 189 g/mol. The highest BCUT2D eigenvalue weighted by atomic mass is 16.3. The Morgan fingerprint density at radius 1 is 1.46 bits per heavy atom. The van der Waals surface area contributed by atoms with E-state index in [1.165, 1.54) is 6.92 Å². The summed E-state index contributed by atoms with van der Waals surface area (Å²) in [5, 5.41) is 9.15. The van der Waals surface area contributed by atoms with Crippen LogP contribution in [0.15, 0.2) is 0 Å². The molecule has 0 fully saturated rings. The van der Waals surface area contributed by atoms with E-state index < -0.39 is 0 Å². The minimum Gasteiger partial charge on any atom is -0.393 e. The number of aliphatic hydroxyl groups is 1. The molecule has 0 aliphatic heterocycles. The molecule has 3 nitrogen and oxygen atoms in total. The highest BCUT2D eigenvalue weighted by Crippen LogP contribution is 1.97. The summed E-state index contributed by atoms with van der Waals surface area (Å²) in [7, 11) is 1.74. The van der Waals surface area contributed by atoms with E-state index in [1.54, 1.807) is 11.9 Å². The van der Waals surface area contributed by atoms with Crippen molar-refractivity contribution >= 4 is 5.91 Å². The van der Waals surface area contributed by atoms with Gasteiger partial charge in [-0.1, -0.05) is 20.8 Å². The summed E-state index contributed by atoms with van der Waals surface area (Å²) >= 11 is 0. The van der Waals surface area contributed by atoms with Crippen LogP contribution in [0.5, 0.6) is 0 Å². The molecule has 0 bridgehead atoms. The maximum Gasteiger partial charge on any atom is 0.219 e. The van der Waals surface area contributed by atoms with Crippen LogP contribution in [0.4, 0.5) is 0 Å². The Bertz CT molecular complexity index is 126. The van der Waals surface area contributed by atoms with Crippen molar-refractivity contribution in [3.05, 3.63) is 0 Å². The topological polar surface area (TPSA) is 40.5 Å². The monoisotopic (exact) mass is 189 g/mol. The number of hydrogen-bond acceptors (Lipinski definition) is 2. The van der Waals surface area contributed by atoms with Crippen molar-refractivity contribution in [2.45, 2.75) is 46.6 Å². The molecule has 0 aliphatic rings. The van der Waals surface area contributed by atoms with Crippen molar-refractivity contribution in [3.63, 3.8) is 0 Å². The number of carbonyl (C=O) groups excluding carboxylic acids is 1. The molecule has 0 aromatic heterocycles. The van der Waals surface area contributed by atoms with E-state index in [4.69, 9.17) is 5.11 Å². The Balaban J connectivity index is 0. The second kappa shape index (κ2) is 9.52. The van der Waals surface area contributed by atoms with Gasteiger partial charge in [0.1, 0.15) is 0 Å². The van der Waals surface area contributed by atoms with Crippen LogP contribution in [0.1, 0.15) is 40.5 Å². The highest BCUT2D eigenvalue weighted by Gasteiger charge is 2.05. The van der Waals surface area contributed by atoms with Crippen LogP contribution in [-0.2, 0) is 4.79 Å². The van der Waals surface area contributed by atoms with Crippen molar-refractivity contribution in [2.75, 3.05) is 13.6 Å². The molecule has 0 radical (unpaired) electrons. The van der Waals surface area contributed by atoms with E-state index in [1.807, 2.05) is 20.8 Å². The molecular formula is C10H23NO2. The van der Waals surface area contributed by atoms with E-state index >= 15 is 0 Å². The first-order valence-corrected chi connectivity index (χ1v) is 4.97. The van der Waals surface area contributed by atoms with Gasteiger partial charge in [0.2, 0.25) is 5.91 Å². The molecular weight excluding hydrogens is 166 g/mol. The predicted octanol–water partition coefficient (Wildman–Crippen LogP) is 1.65. The van der Waals surface area contributed by atoms with Gasteiger partial charge in [0.15, 0.2) is 0 Å². The first kappa shape index (κ1) is 14.9. The Morgan fingerprint density at radius 3 is 2.23 bits per heavy atom. The van der Waals surface area contributed by atoms with Gasteiger partial charge in [-0.15, -0.1) is 0 Å². The molecule has 1 amide bonds. The van der Waals surface area contributed by atoms with Crippen LogP contribution in [0.25, 0.3) is 0 Å². The number of rotatable bonds is 4. The lowest BCUT2D eigenvalue weighted by Gasteiger charge is -2.16. The number of carbonyl (C=O) groups is 1. The molecule has 0 saturated heterocycles. The molecule has 0 aliphatic carbocycles. The smallest absolute Gasteiger partial charge is 0.219 e. The van der Waals surface area contributed by atoms with Gasteiger partial charge in [0.25, 0.3) is 0 Å². The summed E-state index contributed by atoms with van der Waals surface area (Å²) in [6.07, 6.45) is 1.16. The van der Waals surface area contributed by atoms with Crippen molar-refractivity contribution in [1.82, 2.24) is 4.90 Å². The molecule has 13 heavy (non-hydrogen) atoms. The fourth-order valence-corrected chi connectivity index (χ4v) is 0.704. The fraction of sp³-hybridized carbons (Fsp3) is 0.900. The lowest BCUT2D eigenvalue weighted by Crippen LogP contribution is -2.27. The second-order valence-electron chi connectivity index (χ2n) is 2.79. The number of hydrogen-bond donors (Lipinski definition) is 1. The molecule has 0 spiro atoms. The van der Waals surface area contributed by atoms with Gasteiger partial charge in [0.05, 0.1) is 6.10 Å². The van der Waals surface area contributed by atoms with Crippen molar-refractivity contribution < 1.29 is 9.90 Å². The second-order valence-corrected chi connectivity index (χ2v) is 2.79. The molecule has 0 aromatic carbocycles. The first-order valence-electron chi connectivity index (χ1n) is 4.97. The normalized spacial score (nSPS) is 11.2. The number of nitrogens with zero attached hydrogens (tertiary/aromatic N) is 1. The van der Waals surface area contributed by atoms with Crippen LogP contribution in [0, 0.1) is 0 Å². The summed E-state index contributed by atoms with van der Waals surface area (Å²) in [6, 6.07) is 0. The summed E-state index contributed by atoms with van der Waals surface area (Å²) in [5.74, 6) is 0.0494. The van der Waals surface area contributed by atoms with Crippen LogP contribution in [0.3, 0.4) is 0 Å². The fourth-order valence-electron chi connectivity index (χ4n) is 0.704. The van der Waals surface area contributed by atoms with Gasteiger partial charge >= 0.3 is 0 Å². The summed E-state index contributed by atoms with van der Waals surface area (Å²) < 4.78 is 0. The van der Waals surface area contributed by atoms with Gasteiger partial charge in [-0.05, 0) is 12.8 Å². The molecule has 0 aromatic rings. The SMILES string of the molecule is CC.CCC(O)CCN(C)C(C)=O. The zero-order valence-corrected chi connectivity index (χ0v) is 9.50. The van der Waals surface area contributed by atoms with Crippen LogP contribution in [-0.4, -0.2) is 35.6 Å².